The Morgan fingerprint density at radius 3 is 2.62 bits per heavy atom. The predicted molar refractivity (Wildman–Crippen MR) is 81.8 cm³/mol. The summed E-state index contributed by atoms with van der Waals surface area (Å²) in [5.41, 5.74) is 1.83. The third kappa shape index (κ3) is 2.23. The standard InChI is InChI=1S/C14H14N4O2S/c1-3-17-10-6-4-5-7-11(10)18-12(13(17)20)15-16-14(18)21-8-9(2)19/h4-7H,3,8H2,1-2H3. The molecule has 0 bridgehead atoms. The first-order chi connectivity index (χ1) is 10.1. The third-order valence-electron chi connectivity index (χ3n) is 3.20. The number of hydrogen-bond donors (Lipinski definition) is 0. The average molecular weight is 302 g/mol. The number of thioether (sulfide) groups is 1. The van der Waals surface area contributed by atoms with Crippen molar-refractivity contribution in [3.05, 3.63) is 34.6 Å². The Morgan fingerprint density at radius 2 is 1.95 bits per heavy atom. The molecule has 0 spiro atoms. The number of aromatic nitrogens is 4. The number of hydrogen-bond acceptors (Lipinski definition) is 5. The number of ketones is 1. The van der Waals surface area contributed by atoms with Gasteiger partial charge in [-0.1, -0.05) is 23.9 Å². The minimum atomic E-state index is -0.168. The quantitative estimate of drug-likeness (QED) is 0.687. The summed E-state index contributed by atoms with van der Waals surface area (Å²) in [6.45, 7) is 4.02. The molecule has 3 aromatic rings. The Bertz CT molecular complexity index is 897. The van der Waals surface area contributed by atoms with Crippen molar-refractivity contribution in [3.63, 3.8) is 0 Å². The molecule has 0 N–H and O–H groups in total. The van der Waals surface area contributed by atoms with Crippen LogP contribution in [0.5, 0.6) is 0 Å². The van der Waals surface area contributed by atoms with E-state index >= 15 is 0 Å². The van der Waals surface area contributed by atoms with Gasteiger partial charge in [-0.05, 0) is 26.0 Å². The molecule has 0 aliphatic rings. The van der Waals surface area contributed by atoms with E-state index in [0.29, 0.717) is 23.1 Å². The highest BCUT2D eigenvalue weighted by Crippen LogP contribution is 2.21. The van der Waals surface area contributed by atoms with Gasteiger partial charge >= 0.3 is 0 Å². The largest absolute Gasteiger partial charge is 0.304 e. The average Bonchev–Trinajstić information content (AvgIpc) is 2.90. The van der Waals surface area contributed by atoms with Crippen molar-refractivity contribution in [2.24, 2.45) is 0 Å². The van der Waals surface area contributed by atoms with E-state index in [9.17, 15) is 9.59 Å². The third-order valence-corrected chi connectivity index (χ3v) is 4.28. The number of carbonyl (C=O) groups is 1. The summed E-state index contributed by atoms with van der Waals surface area (Å²) in [6.07, 6.45) is 0. The molecule has 1 aromatic carbocycles. The first kappa shape index (κ1) is 13.8. The molecule has 7 heteroatoms. The van der Waals surface area contributed by atoms with E-state index in [4.69, 9.17) is 0 Å². The van der Waals surface area contributed by atoms with Gasteiger partial charge in [0, 0.05) is 6.54 Å². The van der Waals surface area contributed by atoms with Gasteiger partial charge in [0.05, 0.1) is 16.8 Å². The van der Waals surface area contributed by atoms with Gasteiger partial charge < -0.3 is 4.57 Å². The maximum Gasteiger partial charge on any atom is 0.296 e. The van der Waals surface area contributed by atoms with Gasteiger partial charge in [-0.3, -0.25) is 14.0 Å². The highest BCUT2D eigenvalue weighted by Gasteiger charge is 2.16. The van der Waals surface area contributed by atoms with Crippen LogP contribution in [0.15, 0.2) is 34.2 Å². The summed E-state index contributed by atoms with van der Waals surface area (Å²) in [5.74, 6) is 0.370. The van der Waals surface area contributed by atoms with Crippen LogP contribution in [0.3, 0.4) is 0 Å². The Hall–Kier alpha value is -2.15. The van der Waals surface area contributed by atoms with Crippen LogP contribution < -0.4 is 5.56 Å². The maximum atomic E-state index is 12.5. The monoisotopic (exact) mass is 302 g/mol. The van der Waals surface area contributed by atoms with Crippen molar-refractivity contribution in [2.75, 3.05) is 5.75 Å². The van der Waals surface area contributed by atoms with Crippen LogP contribution in [0.25, 0.3) is 16.7 Å². The summed E-state index contributed by atoms with van der Waals surface area (Å²) in [7, 11) is 0. The molecule has 108 valence electrons. The van der Waals surface area contributed by atoms with Gasteiger partial charge in [0.15, 0.2) is 5.16 Å². The van der Waals surface area contributed by atoms with E-state index in [-0.39, 0.29) is 11.3 Å². The van der Waals surface area contributed by atoms with Crippen LogP contribution in [0.2, 0.25) is 0 Å². The van der Waals surface area contributed by atoms with E-state index in [1.807, 2.05) is 31.2 Å². The summed E-state index contributed by atoms with van der Waals surface area (Å²) < 4.78 is 3.41. The normalized spacial score (nSPS) is 11.3. The second kappa shape index (κ2) is 5.33. The number of benzene rings is 1. The molecular formula is C14H14N4O2S. The Labute approximate surface area is 124 Å². The molecule has 0 radical (unpaired) electrons. The summed E-state index contributed by atoms with van der Waals surface area (Å²) in [4.78, 5) is 23.7. The van der Waals surface area contributed by atoms with Crippen molar-refractivity contribution < 1.29 is 4.79 Å². The topological polar surface area (TPSA) is 69.3 Å². The van der Waals surface area contributed by atoms with Crippen LogP contribution in [0.4, 0.5) is 0 Å². The molecule has 21 heavy (non-hydrogen) atoms. The fourth-order valence-corrected chi connectivity index (χ4v) is 3.06. The van der Waals surface area contributed by atoms with Gasteiger partial charge in [0.1, 0.15) is 5.78 Å². The molecule has 2 heterocycles. The molecular weight excluding hydrogens is 288 g/mol. The molecule has 0 saturated carbocycles. The second-order valence-electron chi connectivity index (χ2n) is 4.67. The highest BCUT2D eigenvalue weighted by atomic mass is 32.2. The molecule has 0 amide bonds. The fourth-order valence-electron chi connectivity index (χ4n) is 2.31. The molecule has 2 aromatic heterocycles. The number of rotatable bonds is 4. The van der Waals surface area contributed by atoms with Crippen LogP contribution in [0.1, 0.15) is 13.8 Å². The number of aryl methyl sites for hydroxylation is 1. The molecule has 0 fully saturated rings. The lowest BCUT2D eigenvalue weighted by Gasteiger charge is -2.10. The molecule has 0 unspecified atom stereocenters. The van der Waals surface area contributed by atoms with Crippen LogP contribution in [0, 0.1) is 0 Å². The van der Waals surface area contributed by atoms with Gasteiger partial charge in [0.25, 0.3) is 5.56 Å². The molecule has 0 saturated heterocycles. The van der Waals surface area contributed by atoms with Crippen LogP contribution in [-0.2, 0) is 11.3 Å². The Kier molecular flexibility index (Phi) is 3.50. The minimum Gasteiger partial charge on any atom is -0.304 e. The zero-order valence-corrected chi connectivity index (χ0v) is 12.6. The van der Waals surface area contributed by atoms with Gasteiger partial charge in [-0.2, -0.15) is 0 Å². The molecule has 3 rings (SSSR count). The molecule has 0 aliphatic carbocycles. The van der Waals surface area contributed by atoms with E-state index in [1.54, 1.807) is 8.97 Å². The van der Waals surface area contributed by atoms with E-state index in [1.165, 1.54) is 18.7 Å². The van der Waals surface area contributed by atoms with Crippen molar-refractivity contribution in [1.82, 2.24) is 19.2 Å². The Morgan fingerprint density at radius 1 is 1.24 bits per heavy atom. The van der Waals surface area contributed by atoms with Crippen LogP contribution >= 0.6 is 11.8 Å². The van der Waals surface area contributed by atoms with Crippen molar-refractivity contribution in [3.8, 4) is 0 Å². The molecule has 6 nitrogen and oxygen atoms in total. The summed E-state index contributed by atoms with van der Waals surface area (Å²) >= 11 is 1.29. The lowest BCUT2D eigenvalue weighted by molar-refractivity contribution is -0.114. The smallest absolute Gasteiger partial charge is 0.296 e. The molecule has 0 aliphatic heterocycles. The number of fused-ring (bicyclic) bond motifs is 3. The van der Waals surface area contributed by atoms with E-state index in [0.717, 1.165) is 11.0 Å². The minimum absolute atomic E-state index is 0.0583. The fraction of sp³-hybridized carbons (Fsp3) is 0.286. The second-order valence-corrected chi connectivity index (χ2v) is 5.61. The number of Topliss-reactive ketones (excluding diaryl/α,β-unsaturated/α-hetero) is 1. The van der Waals surface area contributed by atoms with Crippen molar-refractivity contribution in [1.29, 1.82) is 0 Å². The van der Waals surface area contributed by atoms with Gasteiger partial charge in [-0.15, -0.1) is 10.2 Å². The number of para-hydroxylation sites is 2. The predicted octanol–water partition coefficient (Wildman–Crippen LogP) is 1.75. The van der Waals surface area contributed by atoms with Gasteiger partial charge in [0.2, 0.25) is 5.65 Å². The van der Waals surface area contributed by atoms with Crippen molar-refractivity contribution >= 4 is 34.2 Å². The zero-order valence-electron chi connectivity index (χ0n) is 11.7. The van der Waals surface area contributed by atoms with E-state index < -0.39 is 0 Å². The van der Waals surface area contributed by atoms with E-state index in [2.05, 4.69) is 10.2 Å². The zero-order chi connectivity index (χ0) is 15.0. The summed E-state index contributed by atoms with van der Waals surface area (Å²) in [6, 6.07) is 7.63. The Balaban J connectivity index is 2.36. The summed E-state index contributed by atoms with van der Waals surface area (Å²) in [5, 5.41) is 8.63. The number of carbonyl (C=O) groups excluding carboxylic acids is 1. The maximum absolute atomic E-state index is 12.5. The molecule has 0 atom stereocenters. The number of nitrogens with zero attached hydrogens (tertiary/aromatic N) is 4. The lowest BCUT2D eigenvalue weighted by Crippen LogP contribution is -2.22. The SMILES string of the molecule is CCn1c(=O)c2nnc(SCC(C)=O)n2c2ccccc21. The first-order valence-electron chi connectivity index (χ1n) is 6.62. The van der Waals surface area contributed by atoms with Gasteiger partial charge in [-0.25, -0.2) is 0 Å². The van der Waals surface area contributed by atoms with Crippen molar-refractivity contribution in [2.45, 2.75) is 25.5 Å². The van der Waals surface area contributed by atoms with Crippen LogP contribution in [-0.4, -0.2) is 30.7 Å². The lowest BCUT2D eigenvalue weighted by atomic mass is 10.3. The highest BCUT2D eigenvalue weighted by molar-refractivity contribution is 7.99. The first-order valence-corrected chi connectivity index (χ1v) is 7.61.